The summed E-state index contributed by atoms with van der Waals surface area (Å²) in [6.07, 6.45) is 0. The van der Waals surface area contributed by atoms with Gasteiger partial charge in [-0.15, -0.1) is 0 Å². The Morgan fingerprint density at radius 1 is 1.04 bits per heavy atom. The molecule has 2 aromatic rings. The van der Waals surface area contributed by atoms with Crippen molar-refractivity contribution in [2.24, 2.45) is 0 Å². The number of hydrogen-bond acceptors (Lipinski definition) is 7. The quantitative estimate of drug-likeness (QED) is 0.519. The minimum atomic E-state index is -4.24. The van der Waals surface area contributed by atoms with Gasteiger partial charge in [-0.2, -0.15) is 0 Å². The van der Waals surface area contributed by atoms with Gasteiger partial charge in [-0.05, 0) is 25.5 Å². The first-order valence-electron chi connectivity index (χ1n) is 7.73. The molecule has 0 aromatic heterocycles. The van der Waals surface area contributed by atoms with E-state index in [0.717, 1.165) is 16.4 Å². The largest absolute Gasteiger partial charge is 0.495 e. The average Bonchev–Trinajstić information content (AvgIpc) is 2.61. The molecular weight excluding hydrogens is 378 g/mol. The standard InChI is InChI=1S/C16H17N3O7S/c1-4-17(14-9-12(18(20)21)7-8-15(14)26-3)27(24,25)16-10-13(19(22)23)6-5-11(16)2/h5-10H,4H2,1-3H3. The maximum Gasteiger partial charge on any atom is 0.271 e. The van der Waals surface area contributed by atoms with Crippen molar-refractivity contribution in [1.29, 1.82) is 0 Å². The van der Waals surface area contributed by atoms with E-state index in [-0.39, 0.29) is 34.3 Å². The lowest BCUT2D eigenvalue weighted by molar-refractivity contribution is -0.385. The normalized spacial score (nSPS) is 11.1. The number of nitro benzene ring substituents is 2. The summed E-state index contributed by atoms with van der Waals surface area (Å²) in [6, 6.07) is 7.10. The van der Waals surface area contributed by atoms with Crippen LogP contribution in [0.4, 0.5) is 17.1 Å². The summed E-state index contributed by atoms with van der Waals surface area (Å²) in [5, 5.41) is 22.1. The van der Waals surface area contributed by atoms with Gasteiger partial charge < -0.3 is 4.74 Å². The van der Waals surface area contributed by atoms with E-state index in [1.165, 1.54) is 38.3 Å². The Morgan fingerprint density at radius 2 is 1.59 bits per heavy atom. The van der Waals surface area contributed by atoms with Gasteiger partial charge in [-0.3, -0.25) is 24.5 Å². The number of ether oxygens (including phenoxy) is 1. The Hall–Kier alpha value is -3.21. The summed E-state index contributed by atoms with van der Waals surface area (Å²) >= 11 is 0. The van der Waals surface area contributed by atoms with Crippen molar-refractivity contribution in [1.82, 2.24) is 0 Å². The molecule has 0 amide bonds. The number of sulfonamides is 1. The first-order valence-corrected chi connectivity index (χ1v) is 9.17. The maximum atomic E-state index is 13.2. The van der Waals surface area contributed by atoms with Crippen LogP contribution in [0.2, 0.25) is 0 Å². The predicted octanol–water partition coefficient (Wildman–Crippen LogP) is 3.04. The van der Waals surface area contributed by atoms with Crippen LogP contribution in [0.1, 0.15) is 12.5 Å². The van der Waals surface area contributed by atoms with Crippen LogP contribution in [0.15, 0.2) is 41.3 Å². The van der Waals surface area contributed by atoms with Crippen LogP contribution in [0.5, 0.6) is 5.75 Å². The molecule has 144 valence electrons. The number of nitro groups is 2. The zero-order valence-corrected chi connectivity index (χ0v) is 15.6. The molecule has 0 aliphatic heterocycles. The summed E-state index contributed by atoms with van der Waals surface area (Å²) in [4.78, 5) is 20.5. The highest BCUT2D eigenvalue weighted by Crippen LogP contribution is 2.36. The molecule has 0 saturated carbocycles. The van der Waals surface area contributed by atoms with Crippen LogP contribution in [0.3, 0.4) is 0 Å². The number of aryl methyl sites for hydroxylation is 1. The number of rotatable bonds is 7. The van der Waals surface area contributed by atoms with Gasteiger partial charge in [-0.1, -0.05) is 6.07 Å². The number of non-ortho nitro benzene ring substituents is 2. The van der Waals surface area contributed by atoms with Crippen molar-refractivity contribution in [2.75, 3.05) is 18.0 Å². The van der Waals surface area contributed by atoms with Crippen LogP contribution >= 0.6 is 0 Å². The summed E-state index contributed by atoms with van der Waals surface area (Å²) in [5.74, 6) is 0.120. The van der Waals surface area contributed by atoms with Crippen LogP contribution in [-0.2, 0) is 10.0 Å². The highest BCUT2D eigenvalue weighted by atomic mass is 32.2. The summed E-state index contributed by atoms with van der Waals surface area (Å²) in [5.41, 5.74) is -0.403. The number of hydrogen-bond donors (Lipinski definition) is 0. The van der Waals surface area contributed by atoms with Crippen molar-refractivity contribution in [3.05, 3.63) is 62.2 Å². The van der Waals surface area contributed by atoms with Gasteiger partial charge in [-0.25, -0.2) is 8.42 Å². The molecule has 0 bridgehead atoms. The van der Waals surface area contributed by atoms with E-state index in [1.807, 2.05) is 0 Å². The molecule has 0 unspecified atom stereocenters. The van der Waals surface area contributed by atoms with Crippen molar-refractivity contribution < 1.29 is 23.0 Å². The van der Waals surface area contributed by atoms with Gasteiger partial charge >= 0.3 is 0 Å². The van der Waals surface area contributed by atoms with Gasteiger partial charge in [0.1, 0.15) is 11.4 Å². The Labute approximate surface area is 155 Å². The third-order valence-corrected chi connectivity index (χ3v) is 5.91. The summed E-state index contributed by atoms with van der Waals surface area (Å²) in [6.45, 7) is 2.99. The maximum absolute atomic E-state index is 13.2. The highest BCUT2D eigenvalue weighted by Gasteiger charge is 2.30. The smallest absolute Gasteiger partial charge is 0.271 e. The topological polar surface area (TPSA) is 133 Å². The van der Waals surface area contributed by atoms with E-state index in [0.29, 0.717) is 5.56 Å². The fourth-order valence-electron chi connectivity index (χ4n) is 2.56. The third kappa shape index (κ3) is 3.82. The van der Waals surface area contributed by atoms with Crippen LogP contribution < -0.4 is 9.04 Å². The number of nitrogens with zero attached hydrogens (tertiary/aromatic N) is 3. The minimum Gasteiger partial charge on any atom is -0.495 e. The second-order valence-corrected chi connectivity index (χ2v) is 7.32. The molecule has 10 nitrogen and oxygen atoms in total. The van der Waals surface area contributed by atoms with E-state index in [4.69, 9.17) is 4.74 Å². The van der Waals surface area contributed by atoms with Gasteiger partial charge in [0.15, 0.2) is 0 Å². The second kappa shape index (κ2) is 7.58. The molecular formula is C16H17N3O7S. The molecule has 2 aromatic carbocycles. The van der Waals surface area contributed by atoms with E-state index < -0.39 is 19.9 Å². The van der Waals surface area contributed by atoms with Gasteiger partial charge in [0.05, 0.1) is 21.9 Å². The highest BCUT2D eigenvalue weighted by molar-refractivity contribution is 7.92. The molecule has 0 aliphatic rings. The summed E-state index contributed by atoms with van der Waals surface area (Å²) in [7, 11) is -2.93. The van der Waals surface area contributed by atoms with Crippen molar-refractivity contribution in [3.63, 3.8) is 0 Å². The predicted molar refractivity (Wildman–Crippen MR) is 97.7 cm³/mol. The lowest BCUT2D eigenvalue weighted by Crippen LogP contribution is -2.31. The molecule has 27 heavy (non-hydrogen) atoms. The minimum absolute atomic E-state index is 0.0277. The zero-order valence-electron chi connectivity index (χ0n) is 14.8. The third-order valence-electron chi connectivity index (χ3n) is 3.88. The van der Waals surface area contributed by atoms with E-state index in [1.54, 1.807) is 6.92 Å². The van der Waals surface area contributed by atoms with Crippen LogP contribution in [0.25, 0.3) is 0 Å². The first-order chi connectivity index (χ1) is 12.6. The molecule has 11 heteroatoms. The van der Waals surface area contributed by atoms with E-state index in [2.05, 4.69) is 0 Å². The zero-order chi connectivity index (χ0) is 20.4. The van der Waals surface area contributed by atoms with Gasteiger partial charge in [0.2, 0.25) is 0 Å². The molecule has 2 rings (SSSR count). The van der Waals surface area contributed by atoms with Crippen molar-refractivity contribution >= 4 is 27.1 Å². The Kier molecular flexibility index (Phi) is 5.64. The monoisotopic (exact) mass is 395 g/mol. The molecule has 0 fully saturated rings. The van der Waals surface area contributed by atoms with Gasteiger partial charge in [0, 0.05) is 30.8 Å². The molecule has 0 atom stereocenters. The number of methoxy groups -OCH3 is 1. The number of benzene rings is 2. The molecule has 0 spiro atoms. The number of anilines is 1. The average molecular weight is 395 g/mol. The van der Waals surface area contributed by atoms with Crippen molar-refractivity contribution in [3.8, 4) is 5.75 Å². The van der Waals surface area contributed by atoms with Crippen molar-refractivity contribution in [2.45, 2.75) is 18.7 Å². The first kappa shape index (κ1) is 20.1. The molecule has 0 radical (unpaired) electrons. The summed E-state index contributed by atoms with van der Waals surface area (Å²) < 4.78 is 32.4. The molecule has 0 aliphatic carbocycles. The van der Waals surface area contributed by atoms with Crippen LogP contribution in [0, 0.1) is 27.2 Å². The molecule has 0 N–H and O–H groups in total. The fraction of sp³-hybridized carbons (Fsp3) is 0.250. The fourth-order valence-corrected chi connectivity index (χ4v) is 4.28. The Balaban J connectivity index is 2.70. The Bertz CT molecular complexity index is 1010. The lowest BCUT2D eigenvalue weighted by atomic mass is 10.2. The van der Waals surface area contributed by atoms with E-state index in [9.17, 15) is 28.6 Å². The van der Waals surface area contributed by atoms with Gasteiger partial charge in [0.25, 0.3) is 21.4 Å². The Morgan fingerprint density at radius 3 is 2.11 bits per heavy atom. The van der Waals surface area contributed by atoms with E-state index >= 15 is 0 Å². The van der Waals surface area contributed by atoms with Crippen LogP contribution in [-0.4, -0.2) is 31.9 Å². The second-order valence-electron chi connectivity index (χ2n) is 5.49. The molecule has 0 saturated heterocycles. The SMILES string of the molecule is CCN(c1cc([N+](=O)[O-])ccc1OC)S(=O)(=O)c1cc([N+](=O)[O-])ccc1C. The lowest BCUT2D eigenvalue weighted by Gasteiger charge is -2.25. The molecule has 0 heterocycles.